The van der Waals surface area contributed by atoms with Crippen LogP contribution in [0.1, 0.15) is 23.1 Å². The molecule has 0 fully saturated rings. The second kappa shape index (κ2) is 6.57. The van der Waals surface area contributed by atoms with Crippen molar-refractivity contribution in [1.82, 2.24) is 4.90 Å². The number of hydrogen-bond donors (Lipinski definition) is 1. The molecule has 0 aromatic heterocycles. The Labute approximate surface area is 115 Å². The molecule has 0 saturated carbocycles. The van der Waals surface area contributed by atoms with Crippen molar-refractivity contribution in [1.29, 1.82) is 0 Å². The number of aliphatic carboxylic acids is 1. The summed E-state index contributed by atoms with van der Waals surface area (Å²) in [4.78, 5) is 12.7. The summed E-state index contributed by atoms with van der Waals surface area (Å²) in [5.74, 6) is 0.0669. The van der Waals surface area contributed by atoms with Crippen molar-refractivity contribution < 1.29 is 14.6 Å². The van der Waals surface area contributed by atoms with E-state index in [2.05, 4.69) is 6.07 Å². The van der Waals surface area contributed by atoms with E-state index in [1.54, 1.807) is 0 Å². The normalized spacial score (nSPS) is 12.5. The zero-order valence-corrected chi connectivity index (χ0v) is 12.4. The van der Waals surface area contributed by atoms with Crippen molar-refractivity contribution in [3.8, 4) is 5.75 Å². The first-order valence-corrected chi connectivity index (χ1v) is 6.40. The van der Waals surface area contributed by atoms with Crippen LogP contribution in [0.25, 0.3) is 0 Å². The van der Waals surface area contributed by atoms with E-state index in [4.69, 9.17) is 9.84 Å². The molecule has 1 unspecified atom stereocenters. The fraction of sp³-hybridized carbons (Fsp3) is 0.533. The first-order chi connectivity index (χ1) is 8.82. The summed E-state index contributed by atoms with van der Waals surface area (Å²) < 4.78 is 5.87. The summed E-state index contributed by atoms with van der Waals surface area (Å²) in [7, 11) is 3.74. The predicted octanol–water partition coefficient (Wildman–Crippen LogP) is 2.40. The molecule has 0 aliphatic carbocycles. The van der Waals surface area contributed by atoms with Crippen molar-refractivity contribution >= 4 is 5.97 Å². The molecule has 1 aromatic carbocycles. The number of carbonyl (C=O) groups is 1. The Hall–Kier alpha value is -1.55. The van der Waals surface area contributed by atoms with Crippen LogP contribution in [0, 0.1) is 20.8 Å². The van der Waals surface area contributed by atoms with Crippen molar-refractivity contribution in [2.75, 3.05) is 20.7 Å². The molecule has 0 amide bonds. The van der Waals surface area contributed by atoms with Gasteiger partial charge in [-0.3, -0.25) is 4.79 Å². The standard InChI is InChI=1S/C15H23NO3/c1-10-6-7-11(2)15(12(10)3)19-9-13(16(4)5)8-14(17)18/h6-7,13H,8-9H2,1-5H3,(H,17,18). The molecule has 0 saturated heterocycles. The molecule has 106 valence electrons. The Morgan fingerprint density at radius 1 is 1.26 bits per heavy atom. The van der Waals surface area contributed by atoms with Gasteiger partial charge in [-0.1, -0.05) is 12.1 Å². The fourth-order valence-electron chi connectivity index (χ4n) is 1.92. The number of ether oxygens (including phenoxy) is 1. The summed E-state index contributed by atoms with van der Waals surface area (Å²) >= 11 is 0. The summed E-state index contributed by atoms with van der Waals surface area (Å²) in [5.41, 5.74) is 3.38. The highest BCUT2D eigenvalue weighted by molar-refractivity contribution is 5.67. The minimum Gasteiger partial charge on any atom is -0.491 e. The minimum absolute atomic E-state index is 0.0803. The van der Waals surface area contributed by atoms with Gasteiger partial charge in [-0.2, -0.15) is 0 Å². The predicted molar refractivity (Wildman–Crippen MR) is 75.9 cm³/mol. The molecule has 0 radical (unpaired) electrons. The van der Waals surface area contributed by atoms with Gasteiger partial charge in [0.2, 0.25) is 0 Å². The highest BCUT2D eigenvalue weighted by atomic mass is 16.5. The van der Waals surface area contributed by atoms with Gasteiger partial charge in [-0.25, -0.2) is 0 Å². The number of aryl methyl sites for hydroxylation is 2. The van der Waals surface area contributed by atoms with Crippen LogP contribution < -0.4 is 4.74 Å². The van der Waals surface area contributed by atoms with Crippen LogP contribution >= 0.6 is 0 Å². The third kappa shape index (κ3) is 4.24. The number of likely N-dealkylation sites (N-methyl/N-ethyl adjacent to an activating group) is 1. The van der Waals surface area contributed by atoms with Crippen molar-refractivity contribution in [3.63, 3.8) is 0 Å². The third-order valence-electron chi connectivity index (χ3n) is 3.43. The van der Waals surface area contributed by atoms with Gasteiger partial charge in [0.25, 0.3) is 0 Å². The lowest BCUT2D eigenvalue weighted by atomic mass is 10.1. The summed E-state index contributed by atoms with van der Waals surface area (Å²) in [6, 6.07) is 3.97. The van der Waals surface area contributed by atoms with Crippen LogP contribution in [0.5, 0.6) is 5.75 Å². The van der Waals surface area contributed by atoms with E-state index < -0.39 is 5.97 Å². The maximum absolute atomic E-state index is 10.8. The average molecular weight is 265 g/mol. The van der Waals surface area contributed by atoms with Gasteiger partial charge in [0, 0.05) is 0 Å². The number of carboxylic acids is 1. The zero-order valence-electron chi connectivity index (χ0n) is 12.4. The lowest BCUT2D eigenvalue weighted by Gasteiger charge is -2.24. The fourth-order valence-corrected chi connectivity index (χ4v) is 1.92. The van der Waals surface area contributed by atoms with E-state index in [-0.39, 0.29) is 12.5 Å². The van der Waals surface area contributed by atoms with Crippen LogP contribution in [0.15, 0.2) is 12.1 Å². The van der Waals surface area contributed by atoms with Crippen LogP contribution in [0.2, 0.25) is 0 Å². The third-order valence-corrected chi connectivity index (χ3v) is 3.43. The van der Waals surface area contributed by atoms with E-state index in [0.717, 1.165) is 16.9 Å². The lowest BCUT2D eigenvalue weighted by Crippen LogP contribution is -2.35. The molecule has 1 atom stereocenters. The maximum Gasteiger partial charge on any atom is 0.305 e. The highest BCUT2D eigenvalue weighted by Crippen LogP contribution is 2.26. The SMILES string of the molecule is Cc1ccc(C)c(OCC(CC(=O)O)N(C)C)c1C. The molecule has 4 heteroatoms. The van der Waals surface area contributed by atoms with E-state index in [1.165, 1.54) is 5.56 Å². The molecular weight excluding hydrogens is 242 g/mol. The maximum atomic E-state index is 10.8. The van der Waals surface area contributed by atoms with Crippen LogP contribution in [-0.4, -0.2) is 42.7 Å². The Bertz CT molecular complexity index is 455. The number of benzene rings is 1. The van der Waals surface area contributed by atoms with Crippen molar-refractivity contribution in [2.24, 2.45) is 0 Å². The number of nitrogens with zero attached hydrogens (tertiary/aromatic N) is 1. The molecule has 1 N–H and O–H groups in total. The first kappa shape index (κ1) is 15.5. The number of carboxylic acid groups (broad SMARTS) is 1. The number of hydrogen-bond acceptors (Lipinski definition) is 3. The van der Waals surface area contributed by atoms with E-state index in [1.807, 2.05) is 45.8 Å². The molecule has 0 bridgehead atoms. The van der Waals surface area contributed by atoms with Gasteiger partial charge >= 0.3 is 5.97 Å². The van der Waals surface area contributed by atoms with E-state index in [0.29, 0.717) is 6.61 Å². The molecule has 4 nitrogen and oxygen atoms in total. The van der Waals surface area contributed by atoms with Gasteiger partial charge in [-0.05, 0) is 51.6 Å². The number of rotatable bonds is 6. The van der Waals surface area contributed by atoms with Crippen LogP contribution in [0.4, 0.5) is 0 Å². The van der Waals surface area contributed by atoms with E-state index in [9.17, 15) is 4.79 Å². The van der Waals surface area contributed by atoms with Gasteiger partial charge in [-0.15, -0.1) is 0 Å². The topological polar surface area (TPSA) is 49.8 Å². The molecule has 0 spiro atoms. The van der Waals surface area contributed by atoms with Gasteiger partial charge < -0.3 is 14.7 Å². The Kier molecular flexibility index (Phi) is 5.36. The lowest BCUT2D eigenvalue weighted by molar-refractivity contribution is -0.138. The second-order valence-corrected chi connectivity index (χ2v) is 5.18. The zero-order chi connectivity index (χ0) is 14.6. The molecular formula is C15H23NO3. The van der Waals surface area contributed by atoms with Crippen LogP contribution in [0.3, 0.4) is 0 Å². The van der Waals surface area contributed by atoms with Gasteiger partial charge in [0.1, 0.15) is 12.4 Å². The molecule has 0 aliphatic rings. The monoisotopic (exact) mass is 265 g/mol. The molecule has 1 rings (SSSR count). The van der Waals surface area contributed by atoms with Gasteiger partial charge in [0.15, 0.2) is 0 Å². The van der Waals surface area contributed by atoms with Crippen molar-refractivity contribution in [3.05, 3.63) is 28.8 Å². The Morgan fingerprint density at radius 2 is 1.84 bits per heavy atom. The second-order valence-electron chi connectivity index (χ2n) is 5.18. The smallest absolute Gasteiger partial charge is 0.305 e. The van der Waals surface area contributed by atoms with E-state index >= 15 is 0 Å². The summed E-state index contributed by atoms with van der Waals surface area (Å²) in [6.45, 7) is 6.45. The highest BCUT2D eigenvalue weighted by Gasteiger charge is 2.17. The van der Waals surface area contributed by atoms with Gasteiger partial charge in [0.05, 0.1) is 12.5 Å². The van der Waals surface area contributed by atoms with Crippen molar-refractivity contribution in [2.45, 2.75) is 33.2 Å². The molecule has 0 aliphatic heterocycles. The Balaban J connectivity index is 2.80. The minimum atomic E-state index is -0.806. The molecule has 1 aromatic rings. The quantitative estimate of drug-likeness (QED) is 0.858. The van der Waals surface area contributed by atoms with Crippen LogP contribution in [-0.2, 0) is 4.79 Å². The summed E-state index contributed by atoms with van der Waals surface area (Å²) in [6.07, 6.45) is 0.0803. The Morgan fingerprint density at radius 3 is 2.37 bits per heavy atom. The first-order valence-electron chi connectivity index (χ1n) is 6.40. The molecule has 0 heterocycles. The summed E-state index contributed by atoms with van der Waals surface area (Å²) in [5, 5.41) is 8.90. The molecule has 19 heavy (non-hydrogen) atoms. The largest absolute Gasteiger partial charge is 0.491 e. The average Bonchev–Trinajstić information content (AvgIpc) is 2.32.